The number of halogens is 1. The van der Waals surface area contributed by atoms with Gasteiger partial charge in [-0.1, -0.05) is 12.2 Å². The summed E-state index contributed by atoms with van der Waals surface area (Å²) in [6, 6.07) is 5.36. The third-order valence-corrected chi connectivity index (χ3v) is 7.21. The number of aromatic nitrogens is 2. The number of nitrogens with two attached hydrogens (primary N) is 1. The molecule has 35 heavy (non-hydrogen) atoms. The van der Waals surface area contributed by atoms with Gasteiger partial charge in [-0.25, -0.2) is 14.2 Å². The zero-order valence-electron chi connectivity index (χ0n) is 19.6. The van der Waals surface area contributed by atoms with Crippen molar-refractivity contribution in [3.8, 4) is 0 Å². The van der Waals surface area contributed by atoms with Gasteiger partial charge in [0.25, 0.3) is 0 Å². The summed E-state index contributed by atoms with van der Waals surface area (Å²) >= 11 is 0. The average molecular weight is 480 g/mol. The molecule has 1 aromatic heterocycles. The lowest BCUT2D eigenvalue weighted by Crippen LogP contribution is -2.47. The topological polar surface area (TPSA) is 120 Å². The highest BCUT2D eigenvalue weighted by atomic mass is 19.1. The maximum absolute atomic E-state index is 14.5. The summed E-state index contributed by atoms with van der Waals surface area (Å²) in [4.78, 5) is 24.3. The van der Waals surface area contributed by atoms with Crippen LogP contribution in [0.1, 0.15) is 5.56 Å². The van der Waals surface area contributed by atoms with E-state index in [1.165, 1.54) is 5.69 Å². The third kappa shape index (κ3) is 4.53. The molecule has 2 bridgehead atoms. The first kappa shape index (κ1) is 23.4. The largest absolute Gasteiger partial charge is 0.395 e. The number of aliphatic hydroxyl groups excluding tert-OH is 1. The summed E-state index contributed by atoms with van der Waals surface area (Å²) in [5.74, 6) is 1.34. The molecule has 5 rings (SSSR count). The molecule has 2 aromatic rings. The van der Waals surface area contributed by atoms with Crippen molar-refractivity contribution in [3.05, 3.63) is 53.5 Å². The normalized spacial score (nSPS) is 25.7. The third-order valence-electron chi connectivity index (χ3n) is 7.21. The van der Waals surface area contributed by atoms with Crippen molar-refractivity contribution in [2.45, 2.75) is 19.0 Å². The summed E-state index contributed by atoms with van der Waals surface area (Å²) in [5, 5.41) is 15.4. The Bertz CT molecular complexity index is 1170. The molecule has 0 radical (unpaired) electrons. The second-order valence-corrected chi connectivity index (χ2v) is 9.31. The zero-order chi connectivity index (χ0) is 24.5. The van der Waals surface area contributed by atoms with E-state index >= 15 is 0 Å². The predicted molar refractivity (Wildman–Crippen MR) is 133 cm³/mol. The van der Waals surface area contributed by atoms with Crippen LogP contribution in [-0.2, 0) is 4.79 Å². The first-order chi connectivity index (χ1) is 17.0. The molecule has 5 N–H and O–H groups in total. The maximum Gasteiger partial charge on any atom is 0.229 e. The molecule has 9 nitrogen and oxygen atoms in total. The molecule has 0 spiro atoms. The number of anilines is 4. The van der Waals surface area contributed by atoms with Gasteiger partial charge in [0.15, 0.2) is 11.6 Å². The van der Waals surface area contributed by atoms with Crippen molar-refractivity contribution in [2.75, 3.05) is 54.9 Å². The number of nitrogens with zero attached hydrogens (tertiary/aromatic N) is 4. The van der Waals surface area contributed by atoms with Crippen molar-refractivity contribution < 1.29 is 14.3 Å². The van der Waals surface area contributed by atoms with E-state index in [0.29, 0.717) is 12.1 Å². The average Bonchev–Trinajstić information content (AvgIpc) is 3.38. The lowest BCUT2D eigenvalue weighted by Gasteiger charge is -2.36. The van der Waals surface area contributed by atoms with E-state index in [1.54, 1.807) is 0 Å². The van der Waals surface area contributed by atoms with Crippen LogP contribution >= 0.6 is 0 Å². The quantitative estimate of drug-likeness (QED) is 0.346. The van der Waals surface area contributed by atoms with E-state index in [2.05, 4.69) is 43.4 Å². The van der Waals surface area contributed by atoms with Gasteiger partial charge >= 0.3 is 0 Å². The Morgan fingerprint density at radius 2 is 2.00 bits per heavy atom. The number of hydrogen-bond acceptors (Lipinski definition) is 9. The minimum atomic E-state index is -0.585. The number of aryl methyl sites for hydroxylation is 1. The van der Waals surface area contributed by atoms with Gasteiger partial charge in [0, 0.05) is 67.5 Å². The zero-order valence-corrected chi connectivity index (χ0v) is 19.6. The van der Waals surface area contributed by atoms with Crippen molar-refractivity contribution in [1.82, 2.24) is 14.9 Å². The van der Waals surface area contributed by atoms with Crippen LogP contribution < -0.4 is 21.3 Å². The van der Waals surface area contributed by atoms with E-state index in [1.807, 2.05) is 30.2 Å². The van der Waals surface area contributed by atoms with Gasteiger partial charge in [-0.2, -0.15) is 4.98 Å². The number of fused-ring (bicyclic) bond motifs is 2. The molecule has 1 aromatic carbocycles. The van der Waals surface area contributed by atoms with Crippen LogP contribution in [-0.4, -0.2) is 77.3 Å². The van der Waals surface area contributed by atoms with Crippen LogP contribution in [0.5, 0.6) is 0 Å². The number of aliphatic hydroxyl groups is 1. The number of β-amino-alcohol motifs (C(OH)–C–C–N with tert-alkyl or cyclic N) is 1. The van der Waals surface area contributed by atoms with E-state index < -0.39 is 5.82 Å². The molecule has 2 fully saturated rings. The lowest BCUT2D eigenvalue weighted by molar-refractivity contribution is 0.188. The summed E-state index contributed by atoms with van der Waals surface area (Å²) in [6.45, 7) is 6.61. The summed E-state index contributed by atoms with van der Waals surface area (Å²) in [7, 11) is 0. The molecule has 0 amide bonds. The predicted octanol–water partition coefficient (Wildman–Crippen LogP) is 1.46. The number of benzene rings is 1. The summed E-state index contributed by atoms with van der Waals surface area (Å²) < 4.78 is 14.5. The van der Waals surface area contributed by atoms with Gasteiger partial charge in [0.05, 0.1) is 18.8 Å². The van der Waals surface area contributed by atoms with Gasteiger partial charge in [-0.3, -0.25) is 4.90 Å². The van der Waals surface area contributed by atoms with Gasteiger partial charge in [0.1, 0.15) is 5.94 Å². The summed E-state index contributed by atoms with van der Waals surface area (Å²) in [6.07, 6.45) is 4.95. The van der Waals surface area contributed by atoms with E-state index in [0.717, 1.165) is 43.6 Å². The Morgan fingerprint density at radius 1 is 1.23 bits per heavy atom. The van der Waals surface area contributed by atoms with Crippen LogP contribution in [0, 0.1) is 24.6 Å². The first-order valence-electron chi connectivity index (χ1n) is 11.9. The van der Waals surface area contributed by atoms with Gasteiger partial charge in [-0.15, -0.1) is 0 Å². The molecule has 10 heteroatoms. The van der Waals surface area contributed by atoms with Gasteiger partial charge in [-0.05, 0) is 30.7 Å². The fourth-order valence-electron chi connectivity index (χ4n) is 5.36. The number of carbonyl (C=O) groups excluding carboxylic acids is 1. The minimum absolute atomic E-state index is 0.0447. The molecule has 0 unspecified atom stereocenters. The fourth-order valence-corrected chi connectivity index (χ4v) is 5.36. The highest BCUT2D eigenvalue weighted by Gasteiger charge is 2.48. The van der Waals surface area contributed by atoms with Gasteiger partial charge < -0.3 is 26.4 Å². The number of rotatable bonds is 7. The second-order valence-electron chi connectivity index (χ2n) is 9.31. The smallest absolute Gasteiger partial charge is 0.229 e. The van der Waals surface area contributed by atoms with Crippen LogP contribution in [0.3, 0.4) is 0 Å². The Kier molecular flexibility index (Phi) is 6.53. The molecule has 4 atom stereocenters. The van der Waals surface area contributed by atoms with Crippen molar-refractivity contribution in [2.24, 2.45) is 17.6 Å². The molecule has 1 aliphatic heterocycles. The molecule has 1 saturated carbocycles. The molecular weight excluding hydrogens is 449 g/mol. The van der Waals surface area contributed by atoms with E-state index in [-0.39, 0.29) is 42.3 Å². The SMILES string of the molecule is Cc1cc(Nc2ncc(F)c(N[C@H]3[C@@H](N)[C@H]4C=C[C@@H]3C4=C=O)n2)ccc1N1CCN(CCO)CC1. The Balaban J connectivity index is 1.27. The molecule has 184 valence electrons. The van der Waals surface area contributed by atoms with Crippen molar-refractivity contribution >= 4 is 29.1 Å². The van der Waals surface area contributed by atoms with Crippen LogP contribution in [0.2, 0.25) is 0 Å². The standard InChI is InChI=1S/C25H30FN7O2/c1-15-12-16(2-5-21(15)33-8-6-32(7-9-33)10-11-34)29-25-28-13-20(26)24(31-25)30-23-18-4-3-17(22(23)27)19(18)14-35/h2-5,12-13,17-18,22-23,34H,6-11,27H2,1H3,(H2,28,29,30,31)/t17-,18+,22-,23+/m0/s1. The number of piperazine rings is 1. The molecular formula is C25H30FN7O2. The Labute approximate surface area is 203 Å². The number of hydrogen-bond donors (Lipinski definition) is 4. The highest BCUT2D eigenvalue weighted by Crippen LogP contribution is 2.43. The fraction of sp³-hybridized carbons (Fsp3) is 0.440. The molecule has 2 aliphatic carbocycles. The number of nitrogens with one attached hydrogen (secondary N) is 2. The molecule has 2 heterocycles. The monoisotopic (exact) mass is 479 g/mol. The highest BCUT2D eigenvalue weighted by molar-refractivity contribution is 5.65. The Morgan fingerprint density at radius 3 is 2.69 bits per heavy atom. The first-order valence-corrected chi connectivity index (χ1v) is 11.9. The second kappa shape index (κ2) is 9.75. The van der Waals surface area contributed by atoms with E-state index in [9.17, 15) is 9.18 Å². The van der Waals surface area contributed by atoms with Crippen molar-refractivity contribution in [1.29, 1.82) is 0 Å². The summed E-state index contributed by atoms with van der Waals surface area (Å²) in [5.41, 5.74) is 9.97. The van der Waals surface area contributed by atoms with Gasteiger partial charge in [0.2, 0.25) is 5.95 Å². The van der Waals surface area contributed by atoms with Crippen LogP contribution in [0.4, 0.5) is 27.5 Å². The van der Waals surface area contributed by atoms with E-state index in [4.69, 9.17) is 10.8 Å². The molecule has 3 aliphatic rings. The van der Waals surface area contributed by atoms with Crippen LogP contribution in [0.15, 0.2) is 42.1 Å². The maximum atomic E-state index is 14.5. The Hall–Kier alpha value is -3.30. The van der Waals surface area contributed by atoms with Crippen molar-refractivity contribution in [3.63, 3.8) is 0 Å². The molecule has 1 saturated heterocycles. The minimum Gasteiger partial charge on any atom is -0.395 e. The lowest BCUT2D eigenvalue weighted by atomic mass is 9.97. The van der Waals surface area contributed by atoms with Crippen LogP contribution in [0.25, 0.3) is 0 Å².